The predicted molar refractivity (Wildman–Crippen MR) is 47.2 cm³/mol. The van der Waals surface area contributed by atoms with Gasteiger partial charge in [-0.3, -0.25) is 4.79 Å². The van der Waals surface area contributed by atoms with E-state index in [1.165, 1.54) is 0 Å². The minimum absolute atomic E-state index is 0.132. The second kappa shape index (κ2) is 4.62. The molecule has 0 aromatic rings. The molecule has 1 fully saturated rings. The Hall–Kier alpha value is -0.220. The zero-order valence-electron chi connectivity index (χ0n) is 6.51. The zero-order chi connectivity index (χ0) is 8.10. The summed E-state index contributed by atoms with van der Waals surface area (Å²) in [6.07, 6.45) is 2.02. The first-order valence-corrected chi connectivity index (χ1v) is 5.05. The monoisotopic (exact) mass is 174 g/mol. The van der Waals surface area contributed by atoms with Crippen LogP contribution >= 0.6 is 11.8 Å². The average Bonchev–Trinajstić information content (AvgIpc) is 2.07. The maximum Gasteiger partial charge on any atom is 0.224 e. The summed E-state index contributed by atoms with van der Waals surface area (Å²) in [6.45, 7) is 0.266. The van der Waals surface area contributed by atoms with Crippen molar-refractivity contribution in [2.24, 2.45) is 11.7 Å². The number of carbonyl (C=O) groups is 1. The van der Waals surface area contributed by atoms with Crippen molar-refractivity contribution in [3.05, 3.63) is 0 Å². The van der Waals surface area contributed by atoms with Crippen LogP contribution in [-0.4, -0.2) is 24.1 Å². The second-order valence-electron chi connectivity index (χ2n) is 2.63. The van der Waals surface area contributed by atoms with Gasteiger partial charge in [0.05, 0.1) is 6.67 Å². The van der Waals surface area contributed by atoms with E-state index in [2.05, 4.69) is 5.32 Å². The van der Waals surface area contributed by atoms with Crippen molar-refractivity contribution in [2.45, 2.75) is 12.8 Å². The van der Waals surface area contributed by atoms with Gasteiger partial charge in [0.25, 0.3) is 0 Å². The van der Waals surface area contributed by atoms with Gasteiger partial charge in [-0.1, -0.05) is 0 Å². The number of hydrogen-bond acceptors (Lipinski definition) is 3. The van der Waals surface area contributed by atoms with E-state index in [4.69, 9.17) is 5.73 Å². The normalized spacial score (nSPS) is 19.7. The Morgan fingerprint density at radius 3 is 2.73 bits per heavy atom. The molecule has 0 aromatic heterocycles. The fraction of sp³-hybridized carbons (Fsp3) is 0.857. The predicted octanol–water partition coefficient (Wildman–Crippen LogP) is 0.162. The van der Waals surface area contributed by atoms with Crippen molar-refractivity contribution in [2.75, 3.05) is 18.2 Å². The zero-order valence-corrected chi connectivity index (χ0v) is 7.32. The lowest BCUT2D eigenvalue weighted by atomic mass is 10.0. The third-order valence-electron chi connectivity index (χ3n) is 1.87. The third-order valence-corrected chi connectivity index (χ3v) is 2.92. The standard InChI is InChI=1S/C7H14N2OS/c8-5-9-7(10)6-1-3-11-4-2-6/h6H,1-5,8H2,(H,9,10). The Labute approximate surface area is 71.1 Å². The summed E-state index contributed by atoms with van der Waals surface area (Å²) in [4.78, 5) is 11.2. The van der Waals surface area contributed by atoms with Gasteiger partial charge in [-0.25, -0.2) is 0 Å². The molecule has 0 spiro atoms. The van der Waals surface area contributed by atoms with Crippen molar-refractivity contribution in [1.29, 1.82) is 0 Å². The number of amides is 1. The SMILES string of the molecule is NCNC(=O)C1CCSCC1. The molecule has 0 aliphatic carbocycles. The van der Waals surface area contributed by atoms with Crippen molar-refractivity contribution in [3.63, 3.8) is 0 Å². The first-order valence-electron chi connectivity index (χ1n) is 3.90. The molecule has 1 rings (SSSR count). The molecule has 11 heavy (non-hydrogen) atoms. The Morgan fingerprint density at radius 1 is 1.55 bits per heavy atom. The van der Waals surface area contributed by atoms with Crippen LogP contribution in [0, 0.1) is 5.92 Å². The molecule has 1 saturated heterocycles. The highest BCUT2D eigenvalue weighted by Gasteiger charge is 2.20. The highest BCUT2D eigenvalue weighted by molar-refractivity contribution is 7.99. The van der Waals surface area contributed by atoms with Crippen LogP contribution in [0.2, 0.25) is 0 Å². The molecule has 0 saturated carbocycles. The number of nitrogens with two attached hydrogens (primary N) is 1. The molecule has 0 bridgehead atoms. The van der Waals surface area contributed by atoms with Gasteiger partial charge in [0.15, 0.2) is 0 Å². The van der Waals surface area contributed by atoms with E-state index in [1.54, 1.807) is 0 Å². The van der Waals surface area contributed by atoms with Crippen molar-refractivity contribution >= 4 is 17.7 Å². The molecule has 1 heterocycles. The van der Waals surface area contributed by atoms with E-state index in [9.17, 15) is 4.79 Å². The van der Waals surface area contributed by atoms with Crippen LogP contribution in [0.15, 0.2) is 0 Å². The topological polar surface area (TPSA) is 55.1 Å². The van der Waals surface area contributed by atoms with E-state index in [-0.39, 0.29) is 18.5 Å². The molecule has 0 aromatic carbocycles. The van der Waals surface area contributed by atoms with Crippen LogP contribution in [-0.2, 0) is 4.79 Å². The quantitative estimate of drug-likeness (QED) is 0.586. The first-order chi connectivity index (χ1) is 5.34. The van der Waals surface area contributed by atoms with Crippen molar-refractivity contribution in [1.82, 2.24) is 5.32 Å². The second-order valence-corrected chi connectivity index (χ2v) is 3.86. The van der Waals surface area contributed by atoms with E-state index in [0.29, 0.717) is 0 Å². The summed E-state index contributed by atoms with van der Waals surface area (Å²) in [5.74, 6) is 2.58. The summed E-state index contributed by atoms with van der Waals surface area (Å²) in [7, 11) is 0. The molecule has 0 radical (unpaired) electrons. The Balaban J connectivity index is 2.27. The molecule has 4 heteroatoms. The Kier molecular flexibility index (Phi) is 3.72. The molecule has 3 N–H and O–H groups in total. The van der Waals surface area contributed by atoms with E-state index < -0.39 is 0 Å². The molecular formula is C7H14N2OS. The number of thioether (sulfide) groups is 1. The van der Waals surface area contributed by atoms with Gasteiger partial charge in [0.2, 0.25) is 5.91 Å². The molecule has 64 valence electrons. The molecule has 0 unspecified atom stereocenters. The maximum absolute atomic E-state index is 11.2. The number of nitrogens with one attached hydrogen (secondary N) is 1. The molecule has 1 amide bonds. The third kappa shape index (κ3) is 2.71. The lowest BCUT2D eigenvalue weighted by Gasteiger charge is -2.19. The maximum atomic E-state index is 11.2. The molecule has 1 aliphatic heterocycles. The molecular weight excluding hydrogens is 160 g/mol. The van der Waals surface area contributed by atoms with Crippen LogP contribution in [0.25, 0.3) is 0 Å². The minimum Gasteiger partial charge on any atom is -0.344 e. The van der Waals surface area contributed by atoms with Gasteiger partial charge in [0, 0.05) is 5.92 Å². The highest BCUT2D eigenvalue weighted by Crippen LogP contribution is 2.22. The lowest BCUT2D eigenvalue weighted by molar-refractivity contribution is -0.125. The number of rotatable bonds is 2. The summed E-state index contributed by atoms with van der Waals surface area (Å²) < 4.78 is 0. The largest absolute Gasteiger partial charge is 0.344 e. The number of carbonyl (C=O) groups excluding carboxylic acids is 1. The van der Waals surface area contributed by atoms with Gasteiger partial charge >= 0.3 is 0 Å². The summed E-state index contributed by atoms with van der Waals surface area (Å²) in [5.41, 5.74) is 5.20. The molecule has 1 aliphatic rings. The molecule has 0 atom stereocenters. The highest BCUT2D eigenvalue weighted by atomic mass is 32.2. The smallest absolute Gasteiger partial charge is 0.224 e. The van der Waals surface area contributed by atoms with E-state index in [1.807, 2.05) is 11.8 Å². The van der Waals surface area contributed by atoms with E-state index in [0.717, 1.165) is 24.3 Å². The van der Waals surface area contributed by atoms with E-state index >= 15 is 0 Å². The Morgan fingerprint density at radius 2 is 2.18 bits per heavy atom. The van der Waals surface area contributed by atoms with Crippen LogP contribution < -0.4 is 11.1 Å². The lowest BCUT2D eigenvalue weighted by Crippen LogP contribution is -2.36. The number of hydrogen-bond donors (Lipinski definition) is 2. The fourth-order valence-corrected chi connectivity index (χ4v) is 2.31. The fourth-order valence-electron chi connectivity index (χ4n) is 1.20. The molecule has 3 nitrogen and oxygen atoms in total. The van der Waals surface area contributed by atoms with Gasteiger partial charge < -0.3 is 11.1 Å². The van der Waals surface area contributed by atoms with Crippen LogP contribution in [0.3, 0.4) is 0 Å². The van der Waals surface area contributed by atoms with Crippen LogP contribution in [0.4, 0.5) is 0 Å². The minimum atomic E-state index is 0.132. The van der Waals surface area contributed by atoms with Crippen LogP contribution in [0.5, 0.6) is 0 Å². The summed E-state index contributed by atoms with van der Waals surface area (Å²) in [5, 5.41) is 2.64. The van der Waals surface area contributed by atoms with Crippen molar-refractivity contribution in [3.8, 4) is 0 Å². The van der Waals surface area contributed by atoms with Gasteiger partial charge in [-0.15, -0.1) is 0 Å². The Bertz CT molecular complexity index is 134. The van der Waals surface area contributed by atoms with Crippen molar-refractivity contribution < 1.29 is 4.79 Å². The van der Waals surface area contributed by atoms with Gasteiger partial charge in [-0.05, 0) is 24.3 Å². The average molecular weight is 174 g/mol. The van der Waals surface area contributed by atoms with Gasteiger partial charge in [-0.2, -0.15) is 11.8 Å². The van der Waals surface area contributed by atoms with Crippen LogP contribution in [0.1, 0.15) is 12.8 Å². The van der Waals surface area contributed by atoms with Gasteiger partial charge in [0.1, 0.15) is 0 Å². The summed E-state index contributed by atoms with van der Waals surface area (Å²) >= 11 is 1.92. The first kappa shape index (κ1) is 8.87. The summed E-state index contributed by atoms with van der Waals surface area (Å²) in [6, 6.07) is 0.